The molecule has 0 spiro atoms. The predicted octanol–water partition coefficient (Wildman–Crippen LogP) is 3.03. The van der Waals surface area contributed by atoms with Crippen LogP contribution in [0.5, 0.6) is 0 Å². The first-order chi connectivity index (χ1) is 10.5. The largest absolute Gasteiger partial charge is 0.467 e. The van der Waals surface area contributed by atoms with Gasteiger partial charge in [-0.05, 0) is 12.1 Å². The van der Waals surface area contributed by atoms with Gasteiger partial charge in [0.1, 0.15) is 0 Å². The SMILES string of the molecule is COC(=O)C(NC(=O)c1ccncc1Cl)c1ccccc1Cl. The van der Waals surface area contributed by atoms with E-state index >= 15 is 0 Å². The van der Waals surface area contributed by atoms with Gasteiger partial charge in [-0.15, -0.1) is 0 Å². The number of esters is 1. The third kappa shape index (κ3) is 3.55. The molecule has 1 heterocycles. The van der Waals surface area contributed by atoms with E-state index in [9.17, 15) is 9.59 Å². The van der Waals surface area contributed by atoms with E-state index in [0.717, 1.165) is 0 Å². The lowest BCUT2D eigenvalue weighted by Gasteiger charge is -2.18. The van der Waals surface area contributed by atoms with E-state index in [1.807, 2.05) is 0 Å². The number of carbonyl (C=O) groups excluding carboxylic acids is 2. The van der Waals surface area contributed by atoms with Gasteiger partial charge in [0, 0.05) is 23.0 Å². The minimum Gasteiger partial charge on any atom is -0.467 e. The van der Waals surface area contributed by atoms with E-state index in [2.05, 4.69) is 10.3 Å². The fourth-order valence-corrected chi connectivity index (χ4v) is 2.31. The van der Waals surface area contributed by atoms with Gasteiger partial charge in [-0.1, -0.05) is 41.4 Å². The molecule has 7 heteroatoms. The summed E-state index contributed by atoms with van der Waals surface area (Å²) in [5.74, 6) is -1.16. The molecule has 1 amide bonds. The number of methoxy groups -OCH3 is 1. The second-order valence-electron chi connectivity index (χ2n) is 4.31. The smallest absolute Gasteiger partial charge is 0.333 e. The number of carbonyl (C=O) groups is 2. The van der Waals surface area contributed by atoms with Crippen LogP contribution in [0.15, 0.2) is 42.7 Å². The number of amides is 1. The molecule has 0 radical (unpaired) electrons. The Morgan fingerprint density at radius 1 is 1.18 bits per heavy atom. The molecular weight excluding hydrogens is 327 g/mol. The first-order valence-electron chi connectivity index (χ1n) is 6.27. The standard InChI is InChI=1S/C15H12Cl2N2O3/c1-22-15(21)13(9-4-2-3-5-11(9)16)19-14(20)10-6-7-18-8-12(10)17/h2-8,13H,1H3,(H,19,20). The summed E-state index contributed by atoms with van der Waals surface area (Å²) in [5.41, 5.74) is 0.646. The van der Waals surface area contributed by atoms with Crippen molar-refractivity contribution < 1.29 is 14.3 Å². The number of rotatable bonds is 4. The maximum absolute atomic E-state index is 12.3. The summed E-state index contributed by atoms with van der Waals surface area (Å²) < 4.78 is 4.73. The van der Waals surface area contributed by atoms with Crippen LogP contribution >= 0.6 is 23.2 Å². The summed E-state index contributed by atoms with van der Waals surface area (Å²) in [6.45, 7) is 0. The molecule has 1 aromatic carbocycles. The van der Waals surface area contributed by atoms with Crippen LogP contribution in [0.2, 0.25) is 10.0 Å². The normalized spacial score (nSPS) is 11.6. The summed E-state index contributed by atoms with van der Waals surface area (Å²) >= 11 is 12.0. The average Bonchev–Trinajstić information content (AvgIpc) is 2.53. The summed E-state index contributed by atoms with van der Waals surface area (Å²) in [4.78, 5) is 28.1. The number of pyridine rings is 1. The zero-order valence-electron chi connectivity index (χ0n) is 11.5. The molecule has 0 aliphatic carbocycles. The minimum absolute atomic E-state index is 0.183. The Morgan fingerprint density at radius 2 is 1.91 bits per heavy atom. The van der Waals surface area contributed by atoms with Crippen LogP contribution in [0.4, 0.5) is 0 Å². The Kier molecular flexibility index (Phi) is 5.35. The van der Waals surface area contributed by atoms with Crippen molar-refractivity contribution in [1.82, 2.24) is 10.3 Å². The molecule has 5 nitrogen and oxygen atoms in total. The van der Waals surface area contributed by atoms with Crippen molar-refractivity contribution in [2.24, 2.45) is 0 Å². The number of nitrogens with one attached hydrogen (secondary N) is 1. The van der Waals surface area contributed by atoms with Gasteiger partial charge >= 0.3 is 5.97 Å². The molecule has 1 atom stereocenters. The van der Waals surface area contributed by atoms with E-state index in [-0.39, 0.29) is 10.6 Å². The van der Waals surface area contributed by atoms with Crippen LogP contribution in [-0.2, 0) is 9.53 Å². The lowest BCUT2D eigenvalue weighted by molar-refractivity contribution is -0.143. The summed E-state index contributed by atoms with van der Waals surface area (Å²) in [6, 6.07) is 7.12. The third-order valence-corrected chi connectivity index (χ3v) is 3.59. The maximum Gasteiger partial charge on any atom is 0.333 e. The molecule has 1 N–H and O–H groups in total. The Balaban J connectivity index is 2.32. The van der Waals surface area contributed by atoms with Gasteiger partial charge < -0.3 is 10.1 Å². The molecule has 22 heavy (non-hydrogen) atoms. The molecule has 0 bridgehead atoms. The molecule has 0 fully saturated rings. The molecule has 114 valence electrons. The Labute approximate surface area is 137 Å². The van der Waals surface area contributed by atoms with Crippen molar-refractivity contribution in [3.63, 3.8) is 0 Å². The van der Waals surface area contributed by atoms with Gasteiger partial charge in [0.15, 0.2) is 6.04 Å². The van der Waals surface area contributed by atoms with Gasteiger partial charge in [-0.3, -0.25) is 9.78 Å². The third-order valence-electron chi connectivity index (χ3n) is 2.95. The van der Waals surface area contributed by atoms with Gasteiger partial charge in [-0.25, -0.2) is 4.79 Å². The Hall–Kier alpha value is -2.11. The molecule has 0 saturated heterocycles. The molecule has 1 aromatic heterocycles. The lowest BCUT2D eigenvalue weighted by atomic mass is 10.1. The molecule has 0 aliphatic heterocycles. The second kappa shape index (κ2) is 7.24. The van der Waals surface area contributed by atoms with E-state index in [1.165, 1.54) is 25.6 Å². The number of hydrogen-bond donors (Lipinski definition) is 1. The summed E-state index contributed by atoms with van der Waals surface area (Å²) in [6.07, 6.45) is 2.78. The predicted molar refractivity (Wildman–Crippen MR) is 82.9 cm³/mol. The maximum atomic E-state index is 12.3. The van der Waals surface area contributed by atoms with Gasteiger partial charge in [-0.2, -0.15) is 0 Å². The highest BCUT2D eigenvalue weighted by Gasteiger charge is 2.26. The highest BCUT2D eigenvalue weighted by Crippen LogP contribution is 2.24. The number of aromatic nitrogens is 1. The fraction of sp³-hybridized carbons (Fsp3) is 0.133. The Bertz CT molecular complexity index is 707. The van der Waals surface area contributed by atoms with E-state index in [4.69, 9.17) is 27.9 Å². The van der Waals surface area contributed by atoms with Crippen molar-refractivity contribution in [2.75, 3.05) is 7.11 Å². The van der Waals surface area contributed by atoms with Crippen LogP contribution in [0.3, 0.4) is 0 Å². The minimum atomic E-state index is -1.03. The molecule has 2 aromatic rings. The zero-order chi connectivity index (χ0) is 16.1. The van der Waals surface area contributed by atoms with E-state index in [0.29, 0.717) is 10.6 Å². The number of hydrogen-bond acceptors (Lipinski definition) is 4. The molecule has 2 rings (SSSR count). The van der Waals surface area contributed by atoms with Crippen LogP contribution < -0.4 is 5.32 Å². The van der Waals surface area contributed by atoms with Crippen molar-refractivity contribution in [3.8, 4) is 0 Å². The van der Waals surface area contributed by atoms with Crippen LogP contribution in [0.1, 0.15) is 22.0 Å². The highest BCUT2D eigenvalue weighted by molar-refractivity contribution is 6.33. The Morgan fingerprint density at radius 3 is 2.55 bits per heavy atom. The van der Waals surface area contributed by atoms with Crippen LogP contribution in [0, 0.1) is 0 Å². The molecular formula is C15H12Cl2N2O3. The first-order valence-corrected chi connectivity index (χ1v) is 7.02. The van der Waals surface area contributed by atoms with Gasteiger partial charge in [0.05, 0.1) is 17.7 Å². The van der Waals surface area contributed by atoms with Gasteiger partial charge in [0.2, 0.25) is 0 Å². The fourth-order valence-electron chi connectivity index (χ4n) is 1.86. The molecule has 0 aliphatic rings. The topological polar surface area (TPSA) is 68.3 Å². The van der Waals surface area contributed by atoms with Crippen molar-refractivity contribution in [2.45, 2.75) is 6.04 Å². The number of benzene rings is 1. The van der Waals surface area contributed by atoms with Gasteiger partial charge in [0.25, 0.3) is 5.91 Å². The quantitative estimate of drug-likeness (QED) is 0.870. The monoisotopic (exact) mass is 338 g/mol. The van der Waals surface area contributed by atoms with Crippen molar-refractivity contribution in [1.29, 1.82) is 0 Å². The number of ether oxygens (including phenoxy) is 1. The molecule has 0 saturated carbocycles. The van der Waals surface area contributed by atoms with Crippen LogP contribution in [-0.4, -0.2) is 24.0 Å². The van der Waals surface area contributed by atoms with E-state index in [1.54, 1.807) is 24.3 Å². The number of halogens is 2. The van der Waals surface area contributed by atoms with Crippen molar-refractivity contribution in [3.05, 3.63) is 63.9 Å². The second-order valence-corrected chi connectivity index (χ2v) is 5.12. The highest BCUT2D eigenvalue weighted by atomic mass is 35.5. The number of nitrogens with zero attached hydrogens (tertiary/aromatic N) is 1. The lowest BCUT2D eigenvalue weighted by Crippen LogP contribution is -2.34. The van der Waals surface area contributed by atoms with Crippen LogP contribution in [0.25, 0.3) is 0 Å². The van der Waals surface area contributed by atoms with E-state index < -0.39 is 17.9 Å². The summed E-state index contributed by atoms with van der Waals surface area (Å²) in [5, 5.41) is 3.10. The molecule has 1 unspecified atom stereocenters. The first kappa shape index (κ1) is 16.3. The van der Waals surface area contributed by atoms with Crippen molar-refractivity contribution >= 4 is 35.1 Å². The zero-order valence-corrected chi connectivity index (χ0v) is 13.1. The average molecular weight is 339 g/mol. The summed E-state index contributed by atoms with van der Waals surface area (Å²) in [7, 11) is 1.23.